The molecular weight excluding hydrogens is 288 g/mol. The van der Waals surface area contributed by atoms with Crippen LogP contribution in [0.5, 0.6) is 0 Å². The van der Waals surface area contributed by atoms with Gasteiger partial charge in [-0.1, -0.05) is 6.58 Å². The Bertz CT molecular complexity index is 477. The molecule has 0 saturated carbocycles. The third-order valence-corrected chi connectivity index (χ3v) is 3.34. The maximum Gasteiger partial charge on any atom is 0.347 e. The van der Waals surface area contributed by atoms with Crippen LogP contribution in [0.15, 0.2) is 12.7 Å². The van der Waals surface area contributed by atoms with Gasteiger partial charge in [0.2, 0.25) is 6.10 Å². The topological polar surface area (TPSA) is 78.9 Å². The van der Waals surface area contributed by atoms with Gasteiger partial charge in [-0.15, -0.1) is 0 Å². The van der Waals surface area contributed by atoms with Crippen molar-refractivity contribution in [1.82, 2.24) is 0 Å². The third-order valence-electron chi connectivity index (χ3n) is 3.34. The number of rotatable bonds is 6. The number of carbonyl (C=O) groups excluding carboxylic acids is 3. The summed E-state index contributed by atoms with van der Waals surface area (Å²) < 4.78 is 15.4. The highest BCUT2D eigenvalue weighted by Gasteiger charge is 2.42. The Morgan fingerprint density at radius 3 is 2.41 bits per heavy atom. The molecule has 0 aromatic carbocycles. The second kappa shape index (κ2) is 6.50. The van der Waals surface area contributed by atoms with Gasteiger partial charge in [0.25, 0.3) is 0 Å². The summed E-state index contributed by atoms with van der Waals surface area (Å²) in [5, 5.41) is 0. The van der Waals surface area contributed by atoms with Crippen molar-refractivity contribution in [2.45, 2.75) is 65.3 Å². The molecule has 0 aromatic rings. The summed E-state index contributed by atoms with van der Waals surface area (Å²) in [7, 11) is 0. The first-order chi connectivity index (χ1) is 9.97. The molecule has 2 unspecified atom stereocenters. The van der Waals surface area contributed by atoms with Gasteiger partial charge < -0.3 is 14.2 Å². The van der Waals surface area contributed by atoms with Crippen LogP contribution >= 0.6 is 0 Å². The Balaban J connectivity index is 2.68. The lowest BCUT2D eigenvalue weighted by atomic mass is 9.81. The van der Waals surface area contributed by atoms with Crippen molar-refractivity contribution < 1.29 is 28.6 Å². The lowest BCUT2D eigenvalue weighted by Crippen LogP contribution is -2.40. The predicted octanol–water partition coefficient (Wildman–Crippen LogP) is 2.16. The second-order valence-corrected chi connectivity index (χ2v) is 6.82. The van der Waals surface area contributed by atoms with Gasteiger partial charge in [0.05, 0.1) is 5.41 Å². The van der Waals surface area contributed by atoms with E-state index in [-0.39, 0.29) is 12.5 Å². The summed E-state index contributed by atoms with van der Waals surface area (Å²) in [5.41, 5.74) is -1.78. The summed E-state index contributed by atoms with van der Waals surface area (Å²) in [6.07, 6.45) is 0.563. The molecule has 1 heterocycles. The van der Waals surface area contributed by atoms with Crippen molar-refractivity contribution >= 4 is 17.9 Å². The van der Waals surface area contributed by atoms with E-state index in [1.165, 1.54) is 0 Å². The SMILES string of the molecule is C=CC(=O)OC(C)(C)CC(C)(C)C(=O)OC1CC(C)OC1=O. The zero-order chi connectivity index (χ0) is 17.1. The molecule has 0 N–H and O–H groups in total. The predicted molar refractivity (Wildman–Crippen MR) is 78.8 cm³/mol. The summed E-state index contributed by atoms with van der Waals surface area (Å²) in [5.74, 6) is -1.59. The summed E-state index contributed by atoms with van der Waals surface area (Å²) in [6, 6.07) is 0. The molecule has 0 radical (unpaired) electrons. The second-order valence-electron chi connectivity index (χ2n) is 6.82. The quantitative estimate of drug-likeness (QED) is 0.425. The van der Waals surface area contributed by atoms with Gasteiger partial charge >= 0.3 is 17.9 Å². The van der Waals surface area contributed by atoms with Crippen LogP contribution in [0.4, 0.5) is 0 Å². The van der Waals surface area contributed by atoms with Crippen LogP contribution in [0.1, 0.15) is 47.5 Å². The average Bonchev–Trinajstić information content (AvgIpc) is 2.65. The molecule has 0 aliphatic carbocycles. The molecule has 1 aliphatic rings. The van der Waals surface area contributed by atoms with Crippen LogP contribution in [0, 0.1) is 5.41 Å². The first-order valence-corrected chi connectivity index (χ1v) is 7.24. The molecule has 1 rings (SSSR count). The summed E-state index contributed by atoms with van der Waals surface area (Å²) in [6.45, 7) is 11.9. The smallest absolute Gasteiger partial charge is 0.347 e. The van der Waals surface area contributed by atoms with Gasteiger partial charge in [-0.25, -0.2) is 9.59 Å². The molecule has 1 saturated heterocycles. The van der Waals surface area contributed by atoms with Crippen molar-refractivity contribution in [2.75, 3.05) is 0 Å². The molecule has 0 spiro atoms. The summed E-state index contributed by atoms with van der Waals surface area (Å²) in [4.78, 5) is 35.2. The minimum absolute atomic E-state index is 0.246. The maximum atomic E-state index is 12.3. The van der Waals surface area contributed by atoms with E-state index < -0.39 is 35.0 Å². The van der Waals surface area contributed by atoms with E-state index in [0.717, 1.165) is 6.08 Å². The molecule has 2 atom stereocenters. The Hall–Kier alpha value is -1.85. The van der Waals surface area contributed by atoms with Crippen molar-refractivity contribution in [3.63, 3.8) is 0 Å². The van der Waals surface area contributed by atoms with Crippen LogP contribution in [0.2, 0.25) is 0 Å². The molecular formula is C16H24O6. The Morgan fingerprint density at radius 1 is 1.36 bits per heavy atom. The largest absolute Gasteiger partial charge is 0.460 e. The van der Waals surface area contributed by atoms with Crippen molar-refractivity contribution in [1.29, 1.82) is 0 Å². The molecule has 22 heavy (non-hydrogen) atoms. The van der Waals surface area contributed by atoms with E-state index in [1.54, 1.807) is 34.6 Å². The first kappa shape index (κ1) is 18.2. The van der Waals surface area contributed by atoms with Crippen molar-refractivity contribution in [2.24, 2.45) is 5.41 Å². The Labute approximate surface area is 130 Å². The van der Waals surface area contributed by atoms with E-state index in [9.17, 15) is 14.4 Å². The molecule has 0 amide bonds. The molecule has 1 aliphatic heterocycles. The van der Waals surface area contributed by atoms with Gasteiger partial charge in [0.1, 0.15) is 11.7 Å². The minimum Gasteiger partial charge on any atom is -0.460 e. The fourth-order valence-corrected chi connectivity index (χ4v) is 2.59. The number of ether oxygens (including phenoxy) is 3. The zero-order valence-electron chi connectivity index (χ0n) is 13.8. The fourth-order valence-electron chi connectivity index (χ4n) is 2.59. The van der Waals surface area contributed by atoms with Gasteiger partial charge in [-0.05, 0) is 34.6 Å². The van der Waals surface area contributed by atoms with Crippen LogP contribution in [0.25, 0.3) is 0 Å². The monoisotopic (exact) mass is 312 g/mol. The number of hydrogen-bond donors (Lipinski definition) is 0. The lowest BCUT2D eigenvalue weighted by molar-refractivity contribution is -0.172. The normalized spacial score (nSPS) is 22.0. The number of hydrogen-bond acceptors (Lipinski definition) is 6. The van der Waals surface area contributed by atoms with Crippen LogP contribution in [-0.2, 0) is 28.6 Å². The number of esters is 3. The van der Waals surface area contributed by atoms with Crippen LogP contribution in [-0.4, -0.2) is 35.7 Å². The number of carbonyl (C=O) groups is 3. The minimum atomic E-state index is -0.920. The van der Waals surface area contributed by atoms with E-state index in [1.807, 2.05) is 0 Å². The summed E-state index contributed by atoms with van der Waals surface area (Å²) >= 11 is 0. The van der Waals surface area contributed by atoms with Gasteiger partial charge in [0, 0.05) is 18.9 Å². The molecule has 6 nitrogen and oxygen atoms in total. The zero-order valence-corrected chi connectivity index (χ0v) is 13.8. The molecule has 124 valence electrons. The lowest BCUT2D eigenvalue weighted by Gasteiger charge is -2.33. The first-order valence-electron chi connectivity index (χ1n) is 7.24. The Kier molecular flexibility index (Phi) is 5.38. The molecule has 1 fully saturated rings. The average molecular weight is 312 g/mol. The standard InChI is InChI=1S/C16H24O6/c1-7-12(17)22-16(5,6)9-15(3,4)14(19)21-11-8-10(2)20-13(11)18/h7,10-11H,1,8-9H2,2-6H3. The van der Waals surface area contributed by atoms with E-state index in [0.29, 0.717) is 6.42 Å². The van der Waals surface area contributed by atoms with E-state index in [4.69, 9.17) is 14.2 Å². The Morgan fingerprint density at radius 2 is 1.95 bits per heavy atom. The van der Waals surface area contributed by atoms with Gasteiger partial charge in [-0.2, -0.15) is 0 Å². The maximum absolute atomic E-state index is 12.3. The highest BCUT2D eigenvalue weighted by molar-refractivity contribution is 5.83. The molecule has 0 aromatic heterocycles. The third kappa shape index (κ3) is 4.86. The molecule has 6 heteroatoms. The van der Waals surface area contributed by atoms with Crippen molar-refractivity contribution in [3.8, 4) is 0 Å². The molecule has 0 bridgehead atoms. The van der Waals surface area contributed by atoms with Gasteiger partial charge in [0.15, 0.2) is 0 Å². The van der Waals surface area contributed by atoms with E-state index in [2.05, 4.69) is 6.58 Å². The van der Waals surface area contributed by atoms with Crippen LogP contribution < -0.4 is 0 Å². The van der Waals surface area contributed by atoms with Crippen LogP contribution in [0.3, 0.4) is 0 Å². The highest BCUT2D eigenvalue weighted by atomic mass is 16.6. The fraction of sp³-hybridized carbons (Fsp3) is 0.688. The highest BCUT2D eigenvalue weighted by Crippen LogP contribution is 2.33. The van der Waals surface area contributed by atoms with E-state index >= 15 is 0 Å². The van der Waals surface area contributed by atoms with Gasteiger partial charge in [-0.3, -0.25) is 4.79 Å². The number of cyclic esters (lactones) is 1. The van der Waals surface area contributed by atoms with Crippen molar-refractivity contribution in [3.05, 3.63) is 12.7 Å².